The molecule has 0 amide bonds. The molecule has 148 valence electrons. The molecule has 1 unspecified atom stereocenters. The Morgan fingerprint density at radius 3 is 2.87 bits per heavy atom. The van der Waals surface area contributed by atoms with Gasteiger partial charge < -0.3 is 5.32 Å². The number of anilines is 1. The van der Waals surface area contributed by atoms with Crippen LogP contribution in [0.25, 0.3) is 27.2 Å². The maximum atomic E-state index is 4.63. The van der Waals surface area contributed by atoms with Crippen molar-refractivity contribution in [1.29, 1.82) is 0 Å². The van der Waals surface area contributed by atoms with Crippen molar-refractivity contribution in [1.82, 2.24) is 35.2 Å². The minimum atomic E-state index is 0.0348. The van der Waals surface area contributed by atoms with Crippen molar-refractivity contribution in [3.05, 3.63) is 71.8 Å². The number of hydrogen-bond acceptors (Lipinski definition) is 8. The van der Waals surface area contributed by atoms with Gasteiger partial charge in [0.15, 0.2) is 0 Å². The number of benzene rings is 2. The van der Waals surface area contributed by atoms with Crippen LogP contribution in [0.2, 0.25) is 0 Å². The van der Waals surface area contributed by atoms with E-state index in [0.717, 1.165) is 38.5 Å². The molecule has 30 heavy (non-hydrogen) atoms. The first kappa shape index (κ1) is 18.3. The fourth-order valence-electron chi connectivity index (χ4n) is 3.33. The van der Waals surface area contributed by atoms with Gasteiger partial charge in [0.2, 0.25) is 0 Å². The molecule has 1 N–H and O–H groups in total. The fourth-order valence-corrected chi connectivity index (χ4v) is 4.04. The summed E-state index contributed by atoms with van der Waals surface area (Å²) in [6.45, 7) is 4.00. The number of fused-ring (bicyclic) bond motifs is 1. The highest BCUT2D eigenvalue weighted by Crippen LogP contribution is 2.27. The highest BCUT2D eigenvalue weighted by Gasteiger charge is 2.11. The van der Waals surface area contributed by atoms with E-state index in [4.69, 9.17) is 0 Å². The average Bonchev–Trinajstić information content (AvgIpc) is 3.45. The molecule has 0 saturated heterocycles. The van der Waals surface area contributed by atoms with E-state index in [2.05, 4.69) is 60.9 Å². The first-order chi connectivity index (χ1) is 14.7. The number of aryl methyl sites for hydroxylation is 1. The minimum Gasteiger partial charge on any atom is -0.363 e. The molecular weight excluding hydrogens is 396 g/mol. The molecule has 0 aliphatic carbocycles. The summed E-state index contributed by atoms with van der Waals surface area (Å²) >= 11 is 1.63. The van der Waals surface area contributed by atoms with Gasteiger partial charge in [-0.25, -0.2) is 19.6 Å². The summed E-state index contributed by atoms with van der Waals surface area (Å²) in [5.74, 6) is 1.50. The summed E-state index contributed by atoms with van der Waals surface area (Å²) in [4.78, 5) is 13.6. The van der Waals surface area contributed by atoms with Crippen LogP contribution in [0.5, 0.6) is 0 Å². The van der Waals surface area contributed by atoms with E-state index in [-0.39, 0.29) is 6.04 Å². The SMILES string of the molecule is Cc1nc(NC(C)c2cccc(-n3cnnn3)c2)cc(-c2ccc3ncsc3c2)n1. The molecule has 9 heteroatoms. The third-order valence-corrected chi connectivity index (χ3v) is 5.60. The Hall–Kier alpha value is -3.72. The van der Waals surface area contributed by atoms with Crippen LogP contribution in [0, 0.1) is 6.92 Å². The van der Waals surface area contributed by atoms with Gasteiger partial charge in [-0.2, -0.15) is 0 Å². The van der Waals surface area contributed by atoms with E-state index in [1.165, 1.54) is 0 Å². The van der Waals surface area contributed by atoms with Gasteiger partial charge in [-0.1, -0.05) is 18.2 Å². The highest BCUT2D eigenvalue weighted by atomic mass is 32.1. The normalized spacial score (nSPS) is 12.2. The monoisotopic (exact) mass is 414 g/mol. The Labute approximate surface area is 176 Å². The molecule has 3 aromatic heterocycles. The second-order valence-electron chi connectivity index (χ2n) is 6.94. The number of nitrogens with zero attached hydrogens (tertiary/aromatic N) is 7. The lowest BCUT2D eigenvalue weighted by atomic mass is 10.1. The zero-order valence-corrected chi connectivity index (χ0v) is 17.2. The van der Waals surface area contributed by atoms with Crippen molar-refractivity contribution in [3.63, 3.8) is 0 Å². The third-order valence-electron chi connectivity index (χ3n) is 4.81. The van der Waals surface area contributed by atoms with Gasteiger partial charge in [0, 0.05) is 11.6 Å². The molecule has 0 aliphatic heterocycles. The number of hydrogen-bond donors (Lipinski definition) is 1. The lowest BCUT2D eigenvalue weighted by molar-refractivity contribution is 0.784. The molecule has 1 atom stereocenters. The molecular formula is C21H18N8S. The third kappa shape index (κ3) is 3.62. The smallest absolute Gasteiger partial charge is 0.143 e. The molecule has 0 fully saturated rings. The van der Waals surface area contributed by atoms with Crippen LogP contribution >= 0.6 is 11.3 Å². The second-order valence-corrected chi connectivity index (χ2v) is 7.82. The van der Waals surface area contributed by atoms with Gasteiger partial charge in [0.25, 0.3) is 0 Å². The Morgan fingerprint density at radius 1 is 1.07 bits per heavy atom. The molecule has 5 aromatic rings. The summed E-state index contributed by atoms with van der Waals surface area (Å²) in [6.07, 6.45) is 1.58. The van der Waals surface area contributed by atoms with Crippen molar-refractivity contribution in [2.24, 2.45) is 0 Å². The van der Waals surface area contributed by atoms with Crippen LogP contribution in [-0.4, -0.2) is 35.2 Å². The van der Waals surface area contributed by atoms with Crippen LogP contribution in [0.1, 0.15) is 24.4 Å². The highest BCUT2D eigenvalue weighted by molar-refractivity contribution is 7.16. The number of thiazole rings is 1. The molecule has 5 rings (SSSR count). The number of rotatable bonds is 5. The van der Waals surface area contributed by atoms with Gasteiger partial charge in [0.05, 0.1) is 33.2 Å². The quantitative estimate of drug-likeness (QED) is 0.460. The summed E-state index contributed by atoms with van der Waals surface area (Å²) < 4.78 is 2.78. The van der Waals surface area contributed by atoms with Crippen molar-refractivity contribution in [3.8, 4) is 16.9 Å². The largest absolute Gasteiger partial charge is 0.363 e. The zero-order chi connectivity index (χ0) is 20.5. The molecule has 2 aromatic carbocycles. The van der Waals surface area contributed by atoms with Gasteiger partial charge in [0.1, 0.15) is 18.0 Å². The Bertz CT molecular complexity index is 1310. The Kier molecular flexibility index (Phi) is 4.64. The van der Waals surface area contributed by atoms with Crippen molar-refractivity contribution < 1.29 is 0 Å². The zero-order valence-electron chi connectivity index (χ0n) is 16.4. The predicted molar refractivity (Wildman–Crippen MR) is 117 cm³/mol. The lowest BCUT2D eigenvalue weighted by Crippen LogP contribution is -2.10. The summed E-state index contributed by atoms with van der Waals surface area (Å²) in [5.41, 5.74) is 6.81. The molecule has 0 saturated carbocycles. The fraction of sp³-hybridized carbons (Fsp3) is 0.143. The molecule has 0 spiro atoms. The topological polar surface area (TPSA) is 94.3 Å². The molecule has 0 radical (unpaired) electrons. The summed E-state index contributed by atoms with van der Waals surface area (Å²) in [5, 5.41) is 14.9. The van der Waals surface area contributed by atoms with Gasteiger partial charge in [-0.15, -0.1) is 16.4 Å². The number of nitrogens with one attached hydrogen (secondary N) is 1. The maximum Gasteiger partial charge on any atom is 0.143 e. The molecule has 0 bridgehead atoms. The van der Waals surface area contributed by atoms with Crippen LogP contribution in [-0.2, 0) is 0 Å². The van der Waals surface area contributed by atoms with E-state index >= 15 is 0 Å². The van der Waals surface area contributed by atoms with E-state index < -0.39 is 0 Å². The average molecular weight is 414 g/mol. The van der Waals surface area contributed by atoms with Crippen LogP contribution in [0.3, 0.4) is 0 Å². The maximum absolute atomic E-state index is 4.63. The van der Waals surface area contributed by atoms with Crippen LogP contribution in [0.4, 0.5) is 5.82 Å². The van der Waals surface area contributed by atoms with Crippen molar-refractivity contribution >= 4 is 27.4 Å². The second kappa shape index (κ2) is 7.60. The number of aromatic nitrogens is 7. The standard InChI is InChI=1S/C21H18N8S/c1-13(15-4-3-5-17(8-15)29-11-23-27-28-29)24-21-10-19(25-14(2)26-21)16-6-7-18-20(9-16)30-12-22-18/h3-13H,1-2H3,(H,24,25,26). The van der Waals surface area contributed by atoms with Crippen molar-refractivity contribution in [2.45, 2.75) is 19.9 Å². The van der Waals surface area contributed by atoms with Gasteiger partial charge >= 0.3 is 0 Å². The van der Waals surface area contributed by atoms with Gasteiger partial charge in [-0.3, -0.25) is 0 Å². The predicted octanol–water partition coefficient (Wildman–Crippen LogP) is 4.21. The van der Waals surface area contributed by atoms with E-state index in [1.807, 2.05) is 42.8 Å². The first-order valence-corrected chi connectivity index (χ1v) is 10.3. The Morgan fingerprint density at radius 2 is 2.00 bits per heavy atom. The molecule has 3 heterocycles. The molecule has 0 aliphatic rings. The van der Waals surface area contributed by atoms with Crippen molar-refractivity contribution in [2.75, 3.05) is 5.32 Å². The minimum absolute atomic E-state index is 0.0348. The summed E-state index contributed by atoms with van der Waals surface area (Å²) in [7, 11) is 0. The van der Waals surface area contributed by atoms with E-state index in [9.17, 15) is 0 Å². The molecule has 8 nitrogen and oxygen atoms in total. The number of tetrazole rings is 1. The summed E-state index contributed by atoms with van der Waals surface area (Å²) in [6, 6.07) is 16.3. The van der Waals surface area contributed by atoms with Crippen LogP contribution < -0.4 is 5.32 Å². The van der Waals surface area contributed by atoms with E-state index in [1.54, 1.807) is 22.3 Å². The van der Waals surface area contributed by atoms with E-state index in [0.29, 0.717) is 5.82 Å². The lowest BCUT2D eigenvalue weighted by Gasteiger charge is -2.17. The van der Waals surface area contributed by atoms with Gasteiger partial charge in [-0.05, 0) is 54.1 Å². The Balaban J connectivity index is 1.43. The first-order valence-electron chi connectivity index (χ1n) is 9.45. The van der Waals surface area contributed by atoms with Crippen LogP contribution in [0.15, 0.2) is 60.4 Å².